The molecule has 40 heavy (non-hydrogen) atoms. The first-order chi connectivity index (χ1) is 19.3. The van der Waals surface area contributed by atoms with Gasteiger partial charge in [-0.1, -0.05) is 13.0 Å². The van der Waals surface area contributed by atoms with Gasteiger partial charge in [-0.25, -0.2) is 14.2 Å². The maximum absolute atomic E-state index is 13.8. The molecule has 0 spiro atoms. The number of aryl methyl sites for hydroxylation is 1. The van der Waals surface area contributed by atoms with E-state index >= 15 is 0 Å². The third kappa shape index (κ3) is 5.42. The highest BCUT2D eigenvalue weighted by Crippen LogP contribution is 2.33. The minimum atomic E-state index is -0.649. The van der Waals surface area contributed by atoms with Crippen LogP contribution in [0.3, 0.4) is 0 Å². The molecule has 0 atom stereocenters. The molecule has 5 rings (SSSR count). The number of fused-ring (bicyclic) bond motifs is 1. The average molecular weight is 547 g/mol. The summed E-state index contributed by atoms with van der Waals surface area (Å²) in [5, 5.41) is 5.85. The Hall–Kier alpha value is -4.25. The van der Waals surface area contributed by atoms with Crippen LogP contribution in [0.5, 0.6) is 0 Å². The van der Waals surface area contributed by atoms with Crippen LogP contribution in [0, 0.1) is 6.92 Å². The van der Waals surface area contributed by atoms with Crippen molar-refractivity contribution in [3.8, 4) is 0 Å². The lowest BCUT2D eigenvalue weighted by Gasteiger charge is -2.35. The van der Waals surface area contributed by atoms with Gasteiger partial charge in [-0.05, 0) is 54.9 Å². The number of nitrogens with one attached hydrogen (secondary N) is 2. The van der Waals surface area contributed by atoms with E-state index in [0.29, 0.717) is 40.8 Å². The van der Waals surface area contributed by atoms with Crippen molar-refractivity contribution in [2.45, 2.75) is 27.1 Å². The number of hydrogen-bond acceptors (Lipinski definition) is 7. The number of halogens is 1. The average Bonchev–Trinajstić information content (AvgIpc) is 2.99. The molecule has 3 aromatic rings. The van der Waals surface area contributed by atoms with Gasteiger partial charge in [-0.3, -0.25) is 14.6 Å². The second-order valence-electron chi connectivity index (χ2n) is 10.1. The first-order valence-corrected chi connectivity index (χ1v) is 13.5. The van der Waals surface area contributed by atoms with Crippen molar-refractivity contribution in [3.63, 3.8) is 0 Å². The number of carbonyl (C=O) groups is 2. The van der Waals surface area contributed by atoms with Gasteiger partial charge in [0.05, 0.1) is 12.2 Å². The van der Waals surface area contributed by atoms with Crippen LogP contribution < -0.4 is 25.3 Å². The zero-order chi connectivity index (χ0) is 28.4. The Kier molecular flexibility index (Phi) is 7.83. The van der Waals surface area contributed by atoms with Crippen molar-refractivity contribution < 1.29 is 14.0 Å². The fraction of sp³-hybridized carbons (Fsp3) is 0.379. The lowest BCUT2D eigenvalue weighted by atomic mass is 10.1. The summed E-state index contributed by atoms with van der Waals surface area (Å²) in [6.07, 6.45) is 1.71. The molecule has 0 aliphatic carbocycles. The fourth-order valence-corrected chi connectivity index (χ4v) is 5.19. The number of hydrogen-bond donors (Lipinski definition) is 2. The van der Waals surface area contributed by atoms with Crippen molar-refractivity contribution in [3.05, 3.63) is 64.8 Å². The summed E-state index contributed by atoms with van der Waals surface area (Å²) < 4.78 is 13.8. The van der Waals surface area contributed by atoms with Gasteiger partial charge in [0.25, 0.3) is 5.91 Å². The van der Waals surface area contributed by atoms with Gasteiger partial charge in [0, 0.05) is 69.0 Å². The summed E-state index contributed by atoms with van der Waals surface area (Å²) in [6, 6.07) is 10.5. The first-order valence-electron chi connectivity index (χ1n) is 13.5. The SMILES string of the molecule is CCN1CCN(c2cc(CF)cc(C(=O)Nc3ccc(C)c(N4Cc5cnc(NC)nc5N(C)C4=O)c3)c2)CC1. The Bertz CT molecular complexity index is 1420. The van der Waals surface area contributed by atoms with Crippen LogP contribution >= 0.6 is 0 Å². The van der Waals surface area contributed by atoms with Crippen molar-refractivity contribution in [1.82, 2.24) is 14.9 Å². The summed E-state index contributed by atoms with van der Waals surface area (Å²) in [5.74, 6) is 0.664. The number of nitrogens with zero attached hydrogens (tertiary/aromatic N) is 6. The molecule has 2 aliphatic rings. The van der Waals surface area contributed by atoms with E-state index in [-0.39, 0.29) is 11.9 Å². The Morgan fingerprint density at radius 1 is 1.10 bits per heavy atom. The predicted molar refractivity (Wildman–Crippen MR) is 156 cm³/mol. The summed E-state index contributed by atoms with van der Waals surface area (Å²) in [6.45, 7) is 8.23. The highest BCUT2D eigenvalue weighted by Gasteiger charge is 2.31. The van der Waals surface area contributed by atoms with E-state index in [4.69, 9.17) is 0 Å². The molecular weight excluding hydrogens is 511 g/mol. The predicted octanol–water partition coefficient (Wildman–Crippen LogP) is 4.27. The molecule has 1 saturated heterocycles. The lowest BCUT2D eigenvalue weighted by Crippen LogP contribution is -2.46. The molecule has 2 aromatic carbocycles. The summed E-state index contributed by atoms with van der Waals surface area (Å²) in [7, 11) is 3.41. The van der Waals surface area contributed by atoms with E-state index in [9.17, 15) is 14.0 Å². The van der Waals surface area contributed by atoms with Crippen LogP contribution in [0.15, 0.2) is 42.6 Å². The minimum absolute atomic E-state index is 0.233. The fourth-order valence-electron chi connectivity index (χ4n) is 5.19. The lowest BCUT2D eigenvalue weighted by molar-refractivity contribution is 0.102. The molecule has 3 heterocycles. The molecule has 0 saturated carbocycles. The number of anilines is 5. The molecule has 0 bridgehead atoms. The summed E-state index contributed by atoms with van der Waals surface area (Å²) in [5.41, 5.74) is 4.61. The number of rotatable bonds is 7. The number of aromatic nitrogens is 2. The van der Waals surface area contributed by atoms with Crippen molar-refractivity contribution in [2.75, 3.05) is 72.2 Å². The first kappa shape index (κ1) is 27.3. The number of carbonyl (C=O) groups excluding carboxylic acids is 2. The van der Waals surface area contributed by atoms with E-state index < -0.39 is 6.67 Å². The van der Waals surface area contributed by atoms with E-state index in [2.05, 4.69) is 37.3 Å². The largest absolute Gasteiger partial charge is 0.369 e. The second-order valence-corrected chi connectivity index (χ2v) is 10.1. The number of urea groups is 1. The second kappa shape index (κ2) is 11.5. The molecule has 2 aliphatic heterocycles. The van der Waals surface area contributed by atoms with Crippen LogP contribution in [-0.4, -0.2) is 73.6 Å². The van der Waals surface area contributed by atoms with Gasteiger partial charge in [0.1, 0.15) is 12.5 Å². The zero-order valence-electron chi connectivity index (χ0n) is 23.4. The van der Waals surface area contributed by atoms with Gasteiger partial charge >= 0.3 is 6.03 Å². The molecule has 1 aromatic heterocycles. The molecule has 3 amide bonds. The molecule has 1 fully saturated rings. The monoisotopic (exact) mass is 546 g/mol. The van der Waals surface area contributed by atoms with Crippen LogP contribution in [-0.2, 0) is 13.2 Å². The Balaban J connectivity index is 1.38. The standard InChI is InChI=1S/C29H35FN8O2/c1-5-36-8-10-37(11-9-36)24-13-20(16-30)12-21(14-24)27(39)33-23-7-6-19(2)25(15-23)38-18-22-17-32-28(31-3)34-26(22)35(4)29(38)40/h6-7,12-15,17H,5,8-11,16,18H2,1-4H3,(H,33,39)(H,31,32,34). The summed E-state index contributed by atoms with van der Waals surface area (Å²) in [4.78, 5) is 43.1. The molecular formula is C29H35FN8O2. The number of likely N-dealkylation sites (N-methyl/N-ethyl adjacent to an activating group) is 1. The van der Waals surface area contributed by atoms with E-state index in [1.165, 1.54) is 4.90 Å². The molecule has 210 valence electrons. The number of amides is 3. The van der Waals surface area contributed by atoms with Gasteiger partial charge in [-0.2, -0.15) is 4.98 Å². The van der Waals surface area contributed by atoms with E-state index in [1.54, 1.807) is 43.4 Å². The quantitative estimate of drug-likeness (QED) is 0.457. The van der Waals surface area contributed by atoms with E-state index in [0.717, 1.165) is 49.5 Å². The Morgan fingerprint density at radius 3 is 2.58 bits per heavy atom. The van der Waals surface area contributed by atoms with Gasteiger partial charge in [0.15, 0.2) is 0 Å². The van der Waals surface area contributed by atoms with Crippen LogP contribution in [0.1, 0.15) is 34.0 Å². The van der Waals surface area contributed by atoms with Gasteiger partial charge < -0.3 is 20.4 Å². The Labute approximate surface area is 233 Å². The van der Waals surface area contributed by atoms with Crippen molar-refractivity contribution in [2.24, 2.45) is 0 Å². The van der Waals surface area contributed by atoms with Gasteiger partial charge in [0.2, 0.25) is 5.95 Å². The number of alkyl halides is 1. The highest BCUT2D eigenvalue weighted by atomic mass is 19.1. The number of piperazine rings is 1. The van der Waals surface area contributed by atoms with E-state index in [1.807, 2.05) is 25.1 Å². The zero-order valence-corrected chi connectivity index (χ0v) is 23.4. The molecule has 10 nitrogen and oxygen atoms in total. The van der Waals surface area contributed by atoms with Crippen molar-refractivity contribution >= 4 is 40.8 Å². The maximum Gasteiger partial charge on any atom is 0.330 e. The van der Waals surface area contributed by atoms with Crippen molar-refractivity contribution in [1.29, 1.82) is 0 Å². The Morgan fingerprint density at radius 2 is 1.88 bits per heavy atom. The van der Waals surface area contributed by atoms with Crippen LogP contribution in [0.25, 0.3) is 0 Å². The molecule has 0 radical (unpaired) electrons. The topological polar surface area (TPSA) is 96.9 Å². The van der Waals surface area contributed by atoms with Gasteiger partial charge in [-0.15, -0.1) is 0 Å². The molecule has 0 unspecified atom stereocenters. The third-order valence-corrected chi connectivity index (χ3v) is 7.57. The van der Waals surface area contributed by atoms with Crippen LogP contribution in [0.4, 0.5) is 38.0 Å². The maximum atomic E-state index is 13.8. The number of benzene rings is 2. The molecule has 2 N–H and O–H groups in total. The smallest absolute Gasteiger partial charge is 0.330 e. The molecule has 11 heteroatoms. The highest BCUT2D eigenvalue weighted by molar-refractivity contribution is 6.07. The van der Waals surface area contributed by atoms with Crippen LogP contribution in [0.2, 0.25) is 0 Å². The minimum Gasteiger partial charge on any atom is -0.369 e. The summed E-state index contributed by atoms with van der Waals surface area (Å²) >= 11 is 0. The normalized spacial score (nSPS) is 15.7. The third-order valence-electron chi connectivity index (χ3n) is 7.57.